The average molecular weight is 174 g/mol. The van der Waals surface area contributed by atoms with E-state index in [1.165, 1.54) is 0 Å². The smallest absolute Gasteiger partial charge is 0.0694 e. The normalized spacial score (nSPS) is 12.0. The summed E-state index contributed by atoms with van der Waals surface area (Å²) in [6.07, 6.45) is 1.05. The molecule has 0 amide bonds. The fourth-order valence-corrected chi connectivity index (χ4v) is 0.714. The third-order valence-electron chi connectivity index (χ3n) is 1.23. The summed E-state index contributed by atoms with van der Waals surface area (Å²) in [5, 5.41) is 3.24. The standard InChI is InChI=1S/C9H22N2O/c1-5-10-7-6-8-12-11-9(2,3)4/h10-11H,5-8H2,1-4H3. The molecule has 0 bridgehead atoms. The Kier molecular flexibility index (Phi) is 6.34. The minimum absolute atomic E-state index is 0.0538. The molecule has 0 aliphatic carbocycles. The molecule has 0 radical (unpaired) electrons. The van der Waals surface area contributed by atoms with Crippen LogP contribution in [-0.4, -0.2) is 25.2 Å². The van der Waals surface area contributed by atoms with Crippen molar-refractivity contribution in [2.45, 2.75) is 39.7 Å². The van der Waals surface area contributed by atoms with Gasteiger partial charge in [0.15, 0.2) is 0 Å². The van der Waals surface area contributed by atoms with E-state index in [2.05, 4.69) is 38.5 Å². The van der Waals surface area contributed by atoms with Crippen molar-refractivity contribution in [3.8, 4) is 0 Å². The molecular weight excluding hydrogens is 152 g/mol. The summed E-state index contributed by atoms with van der Waals surface area (Å²) in [5.74, 6) is 0. The van der Waals surface area contributed by atoms with Crippen LogP contribution in [0.2, 0.25) is 0 Å². The van der Waals surface area contributed by atoms with Gasteiger partial charge in [-0.1, -0.05) is 6.92 Å². The van der Waals surface area contributed by atoms with Crippen LogP contribution in [0, 0.1) is 0 Å². The van der Waals surface area contributed by atoms with Gasteiger partial charge in [0.2, 0.25) is 0 Å². The average Bonchev–Trinajstić information content (AvgIpc) is 1.94. The van der Waals surface area contributed by atoms with E-state index in [1.54, 1.807) is 0 Å². The molecule has 0 aliphatic heterocycles. The maximum atomic E-state index is 5.25. The van der Waals surface area contributed by atoms with Crippen LogP contribution in [0.1, 0.15) is 34.1 Å². The molecule has 0 aliphatic rings. The Morgan fingerprint density at radius 3 is 2.42 bits per heavy atom. The van der Waals surface area contributed by atoms with Crippen molar-refractivity contribution in [1.82, 2.24) is 10.8 Å². The Hall–Kier alpha value is -0.120. The zero-order valence-electron chi connectivity index (χ0n) is 8.74. The van der Waals surface area contributed by atoms with E-state index in [1.807, 2.05) is 0 Å². The first-order valence-electron chi connectivity index (χ1n) is 4.66. The molecule has 74 valence electrons. The lowest BCUT2D eigenvalue weighted by atomic mass is 10.1. The van der Waals surface area contributed by atoms with Crippen LogP contribution in [0.5, 0.6) is 0 Å². The van der Waals surface area contributed by atoms with Gasteiger partial charge < -0.3 is 10.2 Å². The third kappa shape index (κ3) is 9.88. The molecule has 2 N–H and O–H groups in total. The van der Waals surface area contributed by atoms with Crippen LogP contribution in [0.4, 0.5) is 0 Å². The Morgan fingerprint density at radius 1 is 1.25 bits per heavy atom. The highest BCUT2D eigenvalue weighted by Gasteiger charge is 2.07. The summed E-state index contributed by atoms with van der Waals surface area (Å²) in [4.78, 5) is 5.25. The minimum atomic E-state index is 0.0538. The molecule has 0 atom stereocenters. The van der Waals surface area contributed by atoms with Crippen LogP contribution in [0.15, 0.2) is 0 Å². The largest absolute Gasteiger partial charge is 0.317 e. The van der Waals surface area contributed by atoms with Gasteiger partial charge in [-0.05, 0) is 40.3 Å². The van der Waals surface area contributed by atoms with Gasteiger partial charge >= 0.3 is 0 Å². The second kappa shape index (κ2) is 6.40. The van der Waals surface area contributed by atoms with E-state index < -0.39 is 0 Å². The Balaban J connectivity index is 3.01. The van der Waals surface area contributed by atoms with E-state index in [4.69, 9.17) is 4.84 Å². The van der Waals surface area contributed by atoms with Gasteiger partial charge in [0.05, 0.1) is 6.61 Å². The highest BCUT2D eigenvalue weighted by molar-refractivity contribution is 4.63. The summed E-state index contributed by atoms with van der Waals surface area (Å²) in [6, 6.07) is 0. The first-order chi connectivity index (χ1) is 5.56. The molecule has 0 saturated carbocycles. The number of hydroxylamine groups is 1. The monoisotopic (exact) mass is 174 g/mol. The lowest BCUT2D eigenvalue weighted by molar-refractivity contribution is -0.00664. The molecular formula is C9H22N2O. The summed E-state index contributed by atoms with van der Waals surface area (Å²) < 4.78 is 0. The minimum Gasteiger partial charge on any atom is -0.317 e. The first kappa shape index (κ1) is 11.9. The number of hydrogen-bond acceptors (Lipinski definition) is 3. The molecule has 3 heteroatoms. The molecule has 0 rings (SSSR count). The zero-order valence-corrected chi connectivity index (χ0v) is 8.74. The summed E-state index contributed by atoms with van der Waals surface area (Å²) >= 11 is 0. The summed E-state index contributed by atoms with van der Waals surface area (Å²) in [7, 11) is 0. The van der Waals surface area contributed by atoms with Crippen LogP contribution in [0.25, 0.3) is 0 Å². The number of nitrogens with one attached hydrogen (secondary N) is 2. The molecule has 0 aromatic carbocycles. The van der Waals surface area contributed by atoms with Gasteiger partial charge in [0.25, 0.3) is 0 Å². The van der Waals surface area contributed by atoms with Gasteiger partial charge in [-0.25, -0.2) is 0 Å². The Bertz CT molecular complexity index is 99.2. The van der Waals surface area contributed by atoms with Gasteiger partial charge in [0, 0.05) is 5.54 Å². The lowest BCUT2D eigenvalue weighted by Gasteiger charge is -2.19. The molecule has 0 spiro atoms. The lowest BCUT2D eigenvalue weighted by Crippen LogP contribution is -2.36. The van der Waals surface area contributed by atoms with E-state index >= 15 is 0 Å². The quantitative estimate of drug-likeness (QED) is 0.470. The Labute approximate surface area is 75.8 Å². The van der Waals surface area contributed by atoms with Gasteiger partial charge in [-0.3, -0.25) is 0 Å². The summed E-state index contributed by atoms with van der Waals surface area (Å²) in [6.45, 7) is 11.2. The molecule has 0 aromatic heterocycles. The highest BCUT2D eigenvalue weighted by atomic mass is 16.6. The predicted molar refractivity (Wildman–Crippen MR) is 52.0 cm³/mol. The first-order valence-corrected chi connectivity index (χ1v) is 4.66. The topological polar surface area (TPSA) is 33.3 Å². The molecule has 12 heavy (non-hydrogen) atoms. The summed E-state index contributed by atoms with van der Waals surface area (Å²) in [5.41, 5.74) is 3.02. The predicted octanol–water partition coefficient (Wildman–Crippen LogP) is 1.31. The second-order valence-electron chi connectivity index (χ2n) is 3.91. The van der Waals surface area contributed by atoms with E-state index in [9.17, 15) is 0 Å². The molecule has 0 unspecified atom stereocenters. The van der Waals surface area contributed by atoms with Crippen molar-refractivity contribution in [3.05, 3.63) is 0 Å². The van der Waals surface area contributed by atoms with Crippen LogP contribution in [-0.2, 0) is 4.84 Å². The molecule has 0 fully saturated rings. The van der Waals surface area contributed by atoms with Gasteiger partial charge in [-0.15, -0.1) is 0 Å². The van der Waals surface area contributed by atoms with E-state index in [-0.39, 0.29) is 5.54 Å². The maximum absolute atomic E-state index is 5.25. The second-order valence-corrected chi connectivity index (χ2v) is 3.91. The van der Waals surface area contributed by atoms with E-state index in [0.29, 0.717) is 0 Å². The fourth-order valence-electron chi connectivity index (χ4n) is 0.714. The Morgan fingerprint density at radius 2 is 1.92 bits per heavy atom. The highest BCUT2D eigenvalue weighted by Crippen LogP contribution is 1.97. The van der Waals surface area contributed by atoms with Crippen molar-refractivity contribution in [2.24, 2.45) is 0 Å². The van der Waals surface area contributed by atoms with Crippen molar-refractivity contribution in [1.29, 1.82) is 0 Å². The molecule has 3 nitrogen and oxygen atoms in total. The van der Waals surface area contributed by atoms with Crippen LogP contribution < -0.4 is 10.8 Å². The van der Waals surface area contributed by atoms with Gasteiger partial charge in [0.1, 0.15) is 0 Å². The van der Waals surface area contributed by atoms with Crippen molar-refractivity contribution < 1.29 is 4.84 Å². The van der Waals surface area contributed by atoms with Crippen LogP contribution in [0.3, 0.4) is 0 Å². The molecule has 0 heterocycles. The van der Waals surface area contributed by atoms with E-state index in [0.717, 1.165) is 26.1 Å². The van der Waals surface area contributed by atoms with Gasteiger partial charge in [-0.2, -0.15) is 5.48 Å². The van der Waals surface area contributed by atoms with Crippen molar-refractivity contribution >= 4 is 0 Å². The molecule has 0 aromatic rings. The third-order valence-corrected chi connectivity index (χ3v) is 1.23. The fraction of sp³-hybridized carbons (Fsp3) is 1.00. The molecule has 0 saturated heterocycles. The van der Waals surface area contributed by atoms with Crippen molar-refractivity contribution in [3.63, 3.8) is 0 Å². The number of rotatable bonds is 6. The number of hydrogen-bond donors (Lipinski definition) is 2. The van der Waals surface area contributed by atoms with Crippen molar-refractivity contribution in [2.75, 3.05) is 19.7 Å². The van der Waals surface area contributed by atoms with Crippen LogP contribution >= 0.6 is 0 Å². The zero-order chi connectivity index (χ0) is 9.45. The SMILES string of the molecule is CCNCCCONC(C)(C)C. The maximum Gasteiger partial charge on any atom is 0.0694 e.